The second-order valence-corrected chi connectivity index (χ2v) is 6.58. The van der Waals surface area contributed by atoms with Gasteiger partial charge in [0.25, 0.3) is 11.5 Å². The Balaban J connectivity index is 1.74. The van der Waals surface area contributed by atoms with Crippen LogP contribution in [0, 0.1) is 0 Å². The summed E-state index contributed by atoms with van der Waals surface area (Å²) in [4.78, 5) is 41.5. The molecule has 2 amide bonds. The number of nitrogens with two attached hydrogens (primary N) is 1. The molecular formula is C19H24N4O4. The number of hydrogen-bond acceptors (Lipinski definition) is 5. The minimum Gasteiger partial charge on any atom is -0.463 e. The summed E-state index contributed by atoms with van der Waals surface area (Å²) in [6.45, 7) is 1.22. The molecule has 1 aliphatic rings. The van der Waals surface area contributed by atoms with E-state index in [9.17, 15) is 14.4 Å². The van der Waals surface area contributed by atoms with Crippen molar-refractivity contribution in [2.24, 2.45) is 5.73 Å². The van der Waals surface area contributed by atoms with Gasteiger partial charge in [-0.3, -0.25) is 14.4 Å². The maximum absolute atomic E-state index is 12.9. The molecule has 0 aromatic carbocycles. The summed E-state index contributed by atoms with van der Waals surface area (Å²) in [5, 5.41) is 2.82. The largest absolute Gasteiger partial charge is 0.463 e. The molecular weight excluding hydrogens is 348 g/mol. The van der Waals surface area contributed by atoms with Crippen molar-refractivity contribution in [2.75, 3.05) is 19.6 Å². The normalized spacial score (nSPS) is 16.9. The average molecular weight is 372 g/mol. The third-order valence-electron chi connectivity index (χ3n) is 4.72. The van der Waals surface area contributed by atoms with Crippen LogP contribution in [-0.4, -0.2) is 47.4 Å². The van der Waals surface area contributed by atoms with Crippen LogP contribution in [0.4, 0.5) is 0 Å². The standard InChI is InChI=1S/C19H24N4O4/c20-9-8-17(24)21-12-13-4-1-2-10-23(13)19(26)14-6-7-15(22-18(14)25)16-5-3-11-27-16/h3,5-7,11,13H,1-2,4,8-10,12,20H2,(H,21,24)(H,22,25). The highest BCUT2D eigenvalue weighted by atomic mass is 16.3. The number of furan rings is 1. The highest BCUT2D eigenvalue weighted by Crippen LogP contribution is 2.20. The molecule has 2 aromatic rings. The number of nitrogens with one attached hydrogen (secondary N) is 2. The summed E-state index contributed by atoms with van der Waals surface area (Å²) in [7, 11) is 0. The lowest BCUT2D eigenvalue weighted by Crippen LogP contribution is -2.50. The van der Waals surface area contributed by atoms with Crippen molar-refractivity contribution in [1.29, 1.82) is 0 Å². The molecule has 1 saturated heterocycles. The zero-order valence-corrected chi connectivity index (χ0v) is 15.1. The second-order valence-electron chi connectivity index (χ2n) is 6.58. The SMILES string of the molecule is NCCC(=O)NCC1CCCCN1C(=O)c1ccc(-c2ccco2)[nH]c1=O. The number of hydrogen-bond donors (Lipinski definition) is 3. The van der Waals surface area contributed by atoms with E-state index in [1.165, 1.54) is 12.3 Å². The van der Waals surface area contributed by atoms with Gasteiger partial charge in [-0.1, -0.05) is 0 Å². The van der Waals surface area contributed by atoms with Gasteiger partial charge in [-0.2, -0.15) is 0 Å². The van der Waals surface area contributed by atoms with Gasteiger partial charge < -0.3 is 25.4 Å². The van der Waals surface area contributed by atoms with Crippen molar-refractivity contribution in [3.8, 4) is 11.5 Å². The van der Waals surface area contributed by atoms with Crippen LogP contribution in [0.5, 0.6) is 0 Å². The smallest absolute Gasteiger partial charge is 0.261 e. The lowest BCUT2D eigenvalue weighted by Gasteiger charge is -2.35. The lowest BCUT2D eigenvalue weighted by molar-refractivity contribution is -0.121. The van der Waals surface area contributed by atoms with Gasteiger partial charge in [-0.05, 0) is 43.5 Å². The van der Waals surface area contributed by atoms with Crippen molar-refractivity contribution < 1.29 is 14.0 Å². The lowest BCUT2D eigenvalue weighted by atomic mass is 10.0. The minimum atomic E-state index is -0.453. The van der Waals surface area contributed by atoms with E-state index in [0.717, 1.165) is 19.3 Å². The Hall–Kier alpha value is -2.87. The summed E-state index contributed by atoms with van der Waals surface area (Å²) < 4.78 is 5.27. The monoisotopic (exact) mass is 372 g/mol. The maximum atomic E-state index is 12.9. The molecule has 0 spiro atoms. The molecule has 1 aliphatic heterocycles. The number of nitrogens with zero attached hydrogens (tertiary/aromatic N) is 1. The van der Waals surface area contributed by atoms with Crippen LogP contribution in [0.25, 0.3) is 11.5 Å². The first kappa shape index (κ1) is 18.9. The van der Waals surface area contributed by atoms with Crippen molar-refractivity contribution >= 4 is 11.8 Å². The quantitative estimate of drug-likeness (QED) is 0.701. The summed E-state index contributed by atoms with van der Waals surface area (Å²) in [5.74, 6) is 0.0840. The fraction of sp³-hybridized carbons (Fsp3) is 0.421. The van der Waals surface area contributed by atoms with Gasteiger partial charge in [0.1, 0.15) is 11.3 Å². The van der Waals surface area contributed by atoms with E-state index in [1.54, 1.807) is 23.1 Å². The molecule has 1 atom stereocenters. The Morgan fingerprint density at radius 2 is 2.15 bits per heavy atom. The number of likely N-dealkylation sites (tertiary alicyclic amines) is 1. The predicted molar refractivity (Wildman–Crippen MR) is 100 cm³/mol. The van der Waals surface area contributed by atoms with E-state index in [-0.39, 0.29) is 36.4 Å². The topological polar surface area (TPSA) is 121 Å². The van der Waals surface area contributed by atoms with Crippen LogP contribution < -0.4 is 16.6 Å². The molecule has 8 nitrogen and oxygen atoms in total. The summed E-state index contributed by atoms with van der Waals surface area (Å²) in [5.41, 5.74) is 5.54. The van der Waals surface area contributed by atoms with E-state index in [1.807, 2.05) is 0 Å². The van der Waals surface area contributed by atoms with Gasteiger partial charge >= 0.3 is 0 Å². The van der Waals surface area contributed by atoms with Crippen molar-refractivity contribution in [1.82, 2.24) is 15.2 Å². The molecule has 0 bridgehead atoms. The molecule has 0 radical (unpaired) electrons. The van der Waals surface area contributed by atoms with Gasteiger partial charge in [0.2, 0.25) is 5.91 Å². The molecule has 4 N–H and O–H groups in total. The van der Waals surface area contributed by atoms with Crippen LogP contribution in [0.3, 0.4) is 0 Å². The number of piperidine rings is 1. The van der Waals surface area contributed by atoms with E-state index < -0.39 is 5.56 Å². The third-order valence-corrected chi connectivity index (χ3v) is 4.72. The number of rotatable bonds is 6. The van der Waals surface area contributed by atoms with E-state index in [2.05, 4.69) is 10.3 Å². The Morgan fingerprint density at radius 1 is 1.30 bits per heavy atom. The van der Waals surface area contributed by atoms with Crippen molar-refractivity contribution in [3.63, 3.8) is 0 Å². The Morgan fingerprint density at radius 3 is 2.85 bits per heavy atom. The zero-order chi connectivity index (χ0) is 19.2. The van der Waals surface area contributed by atoms with Gasteiger partial charge in [0.15, 0.2) is 0 Å². The highest BCUT2D eigenvalue weighted by Gasteiger charge is 2.29. The summed E-state index contributed by atoms with van der Waals surface area (Å²) in [6.07, 6.45) is 4.42. The first-order valence-corrected chi connectivity index (χ1v) is 9.15. The Labute approximate surface area is 156 Å². The van der Waals surface area contributed by atoms with Crippen LogP contribution in [-0.2, 0) is 4.79 Å². The van der Waals surface area contributed by atoms with Crippen LogP contribution in [0.1, 0.15) is 36.0 Å². The van der Waals surface area contributed by atoms with Gasteiger partial charge in [-0.15, -0.1) is 0 Å². The average Bonchev–Trinajstić information content (AvgIpc) is 3.21. The highest BCUT2D eigenvalue weighted by molar-refractivity contribution is 5.94. The predicted octanol–water partition coefficient (Wildman–Crippen LogP) is 1.09. The molecule has 144 valence electrons. The molecule has 2 aromatic heterocycles. The van der Waals surface area contributed by atoms with E-state index >= 15 is 0 Å². The van der Waals surface area contributed by atoms with Gasteiger partial charge in [0.05, 0.1) is 12.0 Å². The van der Waals surface area contributed by atoms with Gasteiger partial charge in [0, 0.05) is 32.1 Å². The molecule has 1 fully saturated rings. The number of aromatic amines is 1. The fourth-order valence-corrected chi connectivity index (χ4v) is 3.30. The summed E-state index contributed by atoms with van der Waals surface area (Å²) >= 11 is 0. The first-order chi connectivity index (χ1) is 13.1. The summed E-state index contributed by atoms with van der Waals surface area (Å²) in [6, 6.07) is 6.52. The Kier molecular flexibility index (Phi) is 6.08. The second kappa shape index (κ2) is 8.68. The van der Waals surface area contributed by atoms with Gasteiger partial charge in [-0.25, -0.2) is 0 Å². The molecule has 1 unspecified atom stereocenters. The Bertz CT molecular complexity index is 844. The van der Waals surface area contributed by atoms with Crippen LogP contribution in [0.15, 0.2) is 39.7 Å². The van der Waals surface area contributed by atoms with Crippen molar-refractivity contribution in [3.05, 3.63) is 46.4 Å². The molecule has 3 rings (SSSR count). The number of carbonyl (C=O) groups excluding carboxylic acids is 2. The maximum Gasteiger partial charge on any atom is 0.261 e. The number of H-pyrrole nitrogens is 1. The molecule has 0 saturated carbocycles. The van der Waals surface area contributed by atoms with E-state index in [4.69, 9.17) is 10.2 Å². The van der Waals surface area contributed by atoms with Crippen molar-refractivity contribution in [2.45, 2.75) is 31.7 Å². The number of carbonyl (C=O) groups is 2. The number of aromatic nitrogens is 1. The molecule has 27 heavy (non-hydrogen) atoms. The third kappa shape index (κ3) is 4.46. The number of pyridine rings is 1. The van der Waals surface area contributed by atoms with Crippen LogP contribution >= 0.6 is 0 Å². The van der Waals surface area contributed by atoms with Crippen LogP contribution in [0.2, 0.25) is 0 Å². The van der Waals surface area contributed by atoms with E-state index in [0.29, 0.717) is 24.5 Å². The first-order valence-electron chi connectivity index (χ1n) is 9.15. The minimum absolute atomic E-state index is 0.0884. The molecule has 8 heteroatoms. The zero-order valence-electron chi connectivity index (χ0n) is 15.1. The fourth-order valence-electron chi connectivity index (χ4n) is 3.30. The number of amides is 2. The molecule has 3 heterocycles. The molecule has 0 aliphatic carbocycles.